The number of esters is 2. The van der Waals surface area contributed by atoms with Crippen molar-refractivity contribution in [1.29, 1.82) is 0 Å². The van der Waals surface area contributed by atoms with Crippen LogP contribution in [-0.2, 0) is 23.8 Å². The minimum atomic E-state index is -1.14. The molecule has 1 saturated heterocycles. The van der Waals surface area contributed by atoms with Crippen LogP contribution in [-0.4, -0.2) is 54.3 Å². The first-order valence-electron chi connectivity index (χ1n) is 8.54. The number of hydrogen-bond donors (Lipinski definition) is 0. The second-order valence-electron chi connectivity index (χ2n) is 6.72. The van der Waals surface area contributed by atoms with Crippen molar-refractivity contribution in [3.05, 3.63) is 0 Å². The summed E-state index contributed by atoms with van der Waals surface area (Å²) in [4.78, 5) is 38.6. The zero-order valence-corrected chi connectivity index (χ0v) is 15.3. The van der Waals surface area contributed by atoms with Gasteiger partial charge in [0.1, 0.15) is 5.60 Å². The standard InChI is InChI=1S/C17H29NO6/c1-6-22-14(19)13(15(20)23-7-2)12-10-8-9-11-18(12)16(21)24-17(3,4)5/h12-13H,6-11H2,1-5H3. The van der Waals surface area contributed by atoms with Crippen LogP contribution in [0.4, 0.5) is 4.79 Å². The van der Waals surface area contributed by atoms with E-state index in [1.165, 1.54) is 4.90 Å². The van der Waals surface area contributed by atoms with Gasteiger partial charge in [0.05, 0.1) is 19.3 Å². The van der Waals surface area contributed by atoms with Gasteiger partial charge in [-0.3, -0.25) is 9.59 Å². The Morgan fingerprint density at radius 3 is 2.04 bits per heavy atom. The lowest BCUT2D eigenvalue weighted by molar-refractivity contribution is -0.165. The molecule has 0 spiro atoms. The number of nitrogens with zero attached hydrogens (tertiary/aromatic N) is 1. The Balaban J connectivity index is 3.04. The molecule has 1 aliphatic heterocycles. The molecule has 1 atom stereocenters. The van der Waals surface area contributed by atoms with Crippen LogP contribution in [0.2, 0.25) is 0 Å². The fourth-order valence-corrected chi connectivity index (χ4v) is 2.73. The van der Waals surface area contributed by atoms with Gasteiger partial charge in [-0.2, -0.15) is 0 Å². The van der Waals surface area contributed by atoms with E-state index in [9.17, 15) is 14.4 Å². The van der Waals surface area contributed by atoms with Gasteiger partial charge in [-0.25, -0.2) is 4.79 Å². The first-order valence-corrected chi connectivity index (χ1v) is 8.54. The van der Waals surface area contributed by atoms with Crippen LogP contribution in [0.25, 0.3) is 0 Å². The summed E-state index contributed by atoms with van der Waals surface area (Å²) in [6.45, 7) is 9.43. The van der Waals surface area contributed by atoms with Crippen LogP contribution in [0.5, 0.6) is 0 Å². The smallest absolute Gasteiger partial charge is 0.410 e. The van der Waals surface area contributed by atoms with Crippen LogP contribution in [0.1, 0.15) is 53.9 Å². The third kappa shape index (κ3) is 5.69. The molecule has 1 unspecified atom stereocenters. The molecule has 0 aromatic heterocycles. The number of ether oxygens (including phenoxy) is 3. The molecule has 0 aromatic carbocycles. The van der Waals surface area contributed by atoms with Gasteiger partial charge in [0.25, 0.3) is 0 Å². The minimum Gasteiger partial charge on any atom is -0.465 e. The highest BCUT2D eigenvalue weighted by molar-refractivity contribution is 5.96. The number of piperidine rings is 1. The summed E-state index contributed by atoms with van der Waals surface area (Å²) in [5.41, 5.74) is -0.650. The molecule has 24 heavy (non-hydrogen) atoms. The maximum atomic E-state index is 12.5. The number of likely N-dealkylation sites (tertiary alicyclic amines) is 1. The van der Waals surface area contributed by atoms with Crippen molar-refractivity contribution in [1.82, 2.24) is 4.90 Å². The summed E-state index contributed by atoms with van der Waals surface area (Å²) in [6.07, 6.45) is 1.63. The quantitative estimate of drug-likeness (QED) is 0.433. The fourth-order valence-electron chi connectivity index (χ4n) is 2.73. The molecule has 1 rings (SSSR count). The van der Waals surface area contributed by atoms with E-state index in [0.717, 1.165) is 12.8 Å². The Bertz CT molecular complexity index is 438. The third-order valence-electron chi connectivity index (χ3n) is 3.64. The molecule has 138 valence electrons. The first-order chi connectivity index (χ1) is 11.2. The predicted molar refractivity (Wildman–Crippen MR) is 87.3 cm³/mol. The largest absolute Gasteiger partial charge is 0.465 e. The summed E-state index contributed by atoms with van der Waals surface area (Å²) >= 11 is 0. The van der Waals surface area contributed by atoms with Crippen molar-refractivity contribution >= 4 is 18.0 Å². The summed E-state index contributed by atoms with van der Waals surface area (Å²) in [6, 6.07) is -0.605. The van der Waals surface area contributed by atoms with E-state index in [1.54, 1.807) is 34.6 Å². The van der Waals surface area contributed by atoms with E-state index in [1.807, 2.05) is 0 Å². The third-order valence-corrected chi connectivity index (χ3v) is 3.64. The fraction of sp³-hybridized carbons (Fsp3) is 0.824. The molecule has 0 bridgehead atoms. The van der Waals surface area contributed by atoms with Gasteiger partial charge >= 0.3 is 18.0 Å². The molecule has 0 radical (unpaired) electrons. The van der Waals surface area contributed by atoms with Crippen LogP contribution in [0, 0.1) is 5.92 Å². The van der Waals surface area contributed by atoms with E-state index >= 15 is 0 Å². The van der Waals surface area contributed by atoms with Crippen molar-refractivity contribution < 1.29 is 28.6 Å². The predicted octanol–water partition coefficient (Wildman–Crippen LogP) is 2.52. The molecule has 0 N–H and O–H groups in total. The zero-order chi connectivity index (χ0) is 18.3. The van der Waals surface area contributed by atoms with E-state index in [4.69, 9.17) is 14.2 Å². The van der Waals surface area contributed by atoms with E-state index in [0.29, 0.717) is 13.0 Å². The lowest BCUT2D eigenvalue weighted by Gasteiger charge is -2.38. The lowest BCUT2D eigenvalue weighted by Crippen LogP contribution is -2.53. The second kappa shape index (κ2) is 8.89. The molecule has 1 amide bonds. The van der Waals surface area contributed by atoms with E-state index < -0.39 is 35.6 Å². The van der Waals surface area contributed by atoms with Crippen molar-refractivity contribution in [3.63, 3.8) is 0 Å². The van der Waals surface area contributed by atoms with Gasteiger partial charge in [0.15, 0.2) is 5.92 Å². The van der Waals surface area contributed by atoms with Crippen molar-refractivity contribution in [2.24, 2.45) is 5.92 Å². The number of hydrogen-bond acceptors (Lipinski definition) is 6. The van der Waals surface area contributed by atoms with Crippen LogP contribution in [0.3, 0.4) is 0 Å². The van der Waals surface area contributed by atoms with E-state index in [2.05, 4.69) is 0 Å². The highest BCUT2D eigenvalue weighted by atomic mass is 16.6. The van der Waals surface area contributed by atoms with Gasteiger partial charge in [-0.05, 0) is 53.9 Å². The topological polar surface area (TPSA) is 82.1 Å². The summed E-state index contributed by atoms with van der Waals surface area (Å²) in [7, 11) is 0. The van der Waals surface area contributed by atoms with Gasteiger partial charge in [-0.1, -0.05) is 0 Å². The van der Waals surface area contributed by atoms with Crippen molar-refractivity contribution in [3.8, 4) is 0 Å². The number of carbonyl (C=O) groups is 3. The number of amides is 1. The van der Waals surface area contributed by atoms with Crippen molar-refractivity contribution in [2.45, 2.75) is 65.5 Å². The van der Waals surface area contributed by atoms with Gasteiger partial charge in [0, 0.05) is 6.54 Å². The molecule has 1 aliphatic rings. The summed E-state index contributed by atoms with van der Waals surface area (Å²) in [5, 5.41) is 0. The zero-order valence-electron chi connectivity index (χ0n) is 15.3. The van der Waals surface area contributed by atoms with E-state index in [-0.39, 0.29) is 13.2 Å². The summed E-state index contributed by atoms with van der Waals surface area (Å²) in [5.74, 6) is -2.45. The molecule has 7 heteroatoms. The number of carbonyl (C=O) groups excluding carboxylic acids is 3. The normalized spacial score (nSPS) is 18.2. The Morgan fingerprint density at radius 1 is 1.04 bits per heavy atom. The van der Waals surface area contributed by atoms with Gasteiger partial charge in [-0.15, -0.1) is 0 Å². The SMILES string of the molecule is CCOC(=O)C(C(=O)OCC)C1CCCCN1C(=O)OC(C)(C)C. The lowest BCUT2D eigenvalue weighted by atomic mass is 9.90. The molecular formula is C17H29NO6. The molecule has 0 saturated carbocycles. The van der Waals surface area contributed by atoms with Crippen LogP contribution < -0.4 is 0 Å². The maximum Gasteiger partial charge on any atom is 0.410 e. The molecule has 1 heterocycles. The Hall–Kier alpha value is -1.79. The molecule has 7 nitrogen and oxygen atoms in total. The molecule has 0 aromatic rings. The second-order valence-corrected chi connectivity index (χ2v) is 6.72. The molecule has 1 fully saturated rings. The van der Waals surface area contributed by atoms with Crippen molar-refractivity contribution in [2.75, 3.05) is 19.8 Å². The van der Waals surface area contributed by atoms with Crippen LogP contribution >= 0.6 is 0 Å². The van der Waals surface area contributed by atoms with Gasteiger partial charge < -0.3 is 19.1 Å². The Labute approximate surface area is 143 Å². The average Bonchev–Trinajstić information content (AvgIpc) is 2.46. The maximum absolute atomic E-state index is 12.5. The van der Waals surface area contributed by atoms with Gasteiger partial charge in [0.2, 0.25) is 0 Å². The Morgan fingerprint density at radius 2 is 1.58 bits per heavy atom. The van der Waals surface area contributed by atoms with Crippen LogP contribution in [0.15, 0.2) is 0 Å². The molecule has 0 aliphatic carbocycles. The Kier molecular flexibility index (Phi) is 7.51. The highest BCUT2D eigenvalue weighted by Gasteiger charge is 2.44. The first kappa shape index (κ1) is 20.3. The monoisotopic (exact) mass is 343 g/mol. The minimum absolute atomic E-state index is 0.161. The summed E-state index contributed by atoms with van der Waals surface area (Å²) < 4.78 is 15.5. The highest BCUT2D eigenvalue weighted by Crippen LogP contribution is 2.27. The molecular weight excluding hydrogens is 314 g/mol. The number of rotatable bonds is 5. The average molecular weight is 343 g/mol.